The summed E-state index contributed by atoms with van der Waals surface area (Å²) < 4.78 is 11.7. The first-order valence-corrected chi connectivity index (χ1v) is 8.65. The number of nitrogens with zero attached hydrogens (tertiary/aromatic N) is 1. The van der Waals surface area contributed by atoms with Crippen molar-refractivity contribution in [1.29, 1.82) is 0 Å². The van der Waals surface area contributed by atoms with Crippen LogP contribution in [0.5, 0.6) is 11.5 Å². The number of anilines is 1. The highest BCUT2D eigenvalue weighted by molar-refractivity contribution is 6.09. The van der Waals surface area contributed by atoms with Crippen LogP contribution < -0.4 is 14.4 Å². The van der Waals surface area contributed by atoms with Crippen LogP contribution in [0.2, 0.25) is 0 Å². The zero-order valence-corrected chi connectivity index (χ0v) is 14.5. The van der Waals surface area contributed by atoms with E-state index in [9.17, 15) is 4.79 Å². The average molecular weight is 345 g/mol. The third-order valence-electron chi connectivity index (χ3n) is 4.32. The van der Waals surface area contributed by atoms with E-state index in [1.807, 2.05) is 79.7 Å². The molecule has 4 heteroatoms. The van der Waals surface area contributed by atoms with Crippen molar-refractivity contribution in [3.8, 4) is 11.5 Å². The van der Waals surface area contributed by atoms with Crippen molar-refractivity contribution in [2.24, 2.45) is 0 Å². The minimum Gasteiger partial charge on any atom is -0.494 e. The van der Waals surface area contributed by atoms with Gasteiger partial charge in [-0.2, -0.15) is 0 Å². The van der Waals surface area contributed by atoms with Crippen molar-refractivity contribution in [3.05, 3.63) is 90.0 Å². The molecule has 0 saturated carbocycles. The van der Waals surface area contributed by atoms with Crippen LogP contribution in [0, 0.1) is 0 Å². The van der Waals surface area contributed by atoms with E-state index < -0.39 is 6.23 Å². The molecule has 0 saturated heterocycles. The summed E-state index contributed by atoms with van der Waals surface area (Å²) in [6, 6.07) is 24.6. The molecular weight excluding hydrogens is 326 g/mol. The maximum absolute atomic E-state index is 13.2. The molecule has 0 spiro atoms. The Kier molecular flexibility index (Phi) is 4.32. The molecule has 4 rings (SSSR count). The Hall–Kier alpha value is -3.27. The van der Waals surface area contributed by atoms with Crippen LogP contribution in [0.25, 0.3) is 0 Å². The molecule has 0 aliphatic carbocycles. The van der Waals surface area contributed by atoms with Crippen molar-refractivity contribution < 1.29 is 14.3 Å². The second-order valence-corrected chi connectivity index (χ2v) is 5.98. The van der Waals surface area contributed by atoms with Gasteiger partial charge in [-0.3, -0.25) is 9.69 Å². The highest BCUT2D eigenvalue weighted by Gasteiger charge is 2.35. The number of rotatable bonds is 4. The van der Waals surface area contributed by atoms with E-state index in [0.717, 1.165) is 17.0 Å². The summed E-state index contributed by atoms with van der Waals surface area (Å²) in [6.07, 6.45) is -0.532. The van der Waals surface area contributed by atoms with Gasteiger partial charge in [-0.25, -0.2) is 0 Å². The van der Waals surface area contributed by atoms with Gasteiger partial charge in [0.15, 0.2) is 0 Å². The zero-order chi connectivity index (χ0) is 17.9. The highest BCUT2D eigenvalue weighted by Crippen LogP contribution is 2.38. The maximum atomic E-state index is 13.2. The number of carbonyl (C=O) groups is 1. The van der Waals surface area contributed by atoms with Gasteiger partial charge in [-0.05, 0) is 55.5 Å². The standard InChI is InChI=1S/C22H19NO3/c1-2-25-18-14-12-16(13-15-18)22-23(17-8-4-3-5-9-17)21(24)19-10-6-7-11-20(19)26-22/h3-15,22H,2H2,1H3. The first-order chi connectivity index (χ1) is 12.8. The number of fused-ring (bicyclic) bond motifs is 1. The van der Waals surface area contributed by atoms with Crippen LogP contribution in [0.15, 0.2) is 78.9 Å². The Morgan fingerprint density at radius 3 is 2.35 bits per heavy atom. The van der Waals surface area contributed by atoms with Gasteiger partial charge >= 0.3 is 0 Å². The van der Waals surface area contributed by atoms with Gasteiger partial charge in [0.1, 0.15) is 11.5 Å². The Balaban J connectivity index is 1.78. The molecule has 0 bridgehead atoms. The Morgan fingerprint density at radius 2 is 1.62 bits per heavy atom. The van der Waals surface area contributed by atoms with Gasteiger partial charge in [0.2, 0.25) is 6.23 Å². The molecule has 0 fully saturated rings. The monoisotopic (exact) mass is 345 g/mol. The number of benzene rings is 3. The van der Waals surface area contributed by atoms with E-state index in [-0.39, 0.29) is 5.91 Å². The molecule has 3 aromatic carbocycles. The van der Waals surface area contributed by atoms with Crippen molar-refractivity contribution in [2.75, 3.05) is 11.5 Å². The summed E-state index contributed by atoms with van der Waals surface area (Å²) in [5.74, 6) is 1.32. The SMILES string of the molecule is CCOc1ccc(C2Oc3ccccc3C(=O)N2c2ccccc2)cc1. The fourth-order valence-corrected chi connectivity index (χ4v) is 3.11. The minimum absolute atomic E-state index is 0.0723. The first kappa shape index (κ1) is 16.2. The van der Waals surface area contributed by atoms with Crippen LogP contribution in [0.3, 0.4) is 0 Å². The molecule has 0 N–H and O–H groups in total. The van der Waals surface area contributed by atoms with Crippen molar-refractivity contribution >= 4 is 11.6 Å². The summed E-state index contributed by atoms with van der Waals surface area (Å²) in [5, 5.41) is 0. The number of para-hydroxylation sites is 2. The van der Waals surface area contributed by atoms with E-state index >= 15 is 0 Å². The molecule has 1 heterocycles. The quantitative estimate of drug-likeness (QED) is 0.680. The van der Waals surface area contributed by atoms with Crippen molar-refractivity contribution in [3.63, 3.8) is 0 Å². The summed E-state index contributed by atoms with van der Waals surface area (Å²) >= 11 is 0. The molecule has 1 amide bonds. The molecule has 1 atom stereocenters. The lowest BCUT2D eigenvalue weighted by atomic mass is 10.1. The van der Waals surface area contributed by atoms with E-state index in [0.29, 0.717) is 17.9 Å². The molecule has 1 unspecified atom stereocenters. The Morgan fingerprint density at radius 1 is 0.923 bits per heavy atom. The summed E-state index contributed by atoms with van der Waals surface area (Å²) in [5.41, 5.74) is 2.25. The molecule has 1 aliphatic heterocycles. The summed E-state index contributed by atoms with van der Waals surface area (Å²) in [6.45, 7) is 2.56. The molecule has 0 radical (unpaired) electrons. The molecule has 0 aromatic heterocycles. The lowest BCUT2D eigenvalue weighted by Crippen LogP contribution is -2.41. The van der Waals surface area contributed by atoms with Crippen LogP contribution in [0.1, 0.15) is 29.1 Å². The number of hydrogen-bond donors (Lipinski definition) is 0. The smallest absolute Gasteiger partial charge is 0.265 e. The van der Waals surface area contributed by atoms with Crippen LogP contribution in [-0.2, 0) is 0 Å². The lowest BCUT2D eigenvalue weighted by molar-refractivity contribution is 0.0857. The van der Waals surface area contributed by atoms with E-state index in [4.69, 9.17) is 9.47 Å². The Bertz CT molecular complexity index is 906. The van der Waals surface area contributed by atoms with Crippen molar-refractivity contribution in [1.82, 2.24) is 0 Å². The number of carbonyl (C=O) groups excluding carboxylic acids is 1. The topological polar surface area (TPSA) is 38.8 Å². The fourth-order valence-electron chi connectivity index (χ4n) is 3.11. The van der Waals surface area contributed by atoms with Gasteiger partial charge < -0.3 is 9.47 Å². The normalized spacial score (nSPS) is 16.0. The van der Waals surface area contributed by atoms with Gasteiger partial charge in [0.25, 0.3) is 5.91 Å². The van der Waals surface area contributed by atoms with Crippen LogP contribution in [-0.4, -0.2) is 12.5 Å². The van der Waals surface area contributed by atoms with Crippen LogP contribution >= 0.6 is 0 Å². The van der Waals surface area contributed by atoms with Crippen molar-refractivity contribution in [2.45, 2.75) is 13.2 Å². The average Bonchev–Trinajstić information content (AvgIpc) is 2.69. The largest absolute Gasteiger partial charge is 0.494 e. The zero-order valence-electron chi connectivity index (χ0n) is 14.5. The van der Waals surface area contributed by atoms with Gasteiger partial charge in [-0.15, -0.1) is 0 Å². The van der Waals surface area contributed by atoms with E-state index in [2.05, 4.69) is 0 Å². The third kappa shape index (κ3) is 2.90. The molecular formula is C22H19NO3. The van der Waals surface area contributed by atoms with Crippen LogP contribution in [0.4, 0.5) is 5.69 Å². The predicted octanol–water partition coefficient (Wildman–Crippen LogP) is 4.82. The summed E-state index contributed by atoms with van der Waals surface area (Å²) in [4.78, 5) is 14.9. The predicted molar refractivity (Wildman–Crippen MR) is 101 cm³/mol. The second-order valence-electron chi connectivity index (χ2n) is 5.98. The van der Waals surface area contributed by atoms with Gasteiger partial charge in [0.05, 0.1) is 12.2 Å². The summed E-state index contributed by atoms with van der Waals surface area (Å²) in [7, 11) is 0. The van der Waals surface area contributed by atoms with E-state index in [1.54, 1.807) is 11.0 Å². The van der Waals surface area contributed by atoms with E-state index in [1.165, 1.54) is 0 Å². The molecule has 1 aliphatic rings. The maximum Gasteiger partial charge on any atom is 0.265 e. The molecule has 4 nitrogen and oxygen atoms in total. The first-order valence-electron chi connectivity index (χ1n) is 8.65. The minimum atomic E-state index is -0.532. The van der Waals surface area contributed by atoms with Gasteiger partial charge in [-0.1, -0.05) is 30.3 Å². The second kappa shape index (κ2) is 6.92. The molecule has 3 aromatic rings. The molecule has 130 valence electrons. The number of ether oxygens (including phenoxy) is 2. The molecule has 26 heavy (non-hydrogen) atoms. The number of amides is 1. The number of hydrogen-bond acceptors (Lipinski definition) is 3. The third-order valence-corrected chi connectivity index (χ3v) is 4.32. The fraction of sp³-hybridized carbons (Fsp3) is 0.136. The highest BCUT2D eigenvalue weighted by atomic mass is 16.5. The lowest BCUT2D eigenvalue weighted by Gasteiger charge is -2.37. The Labute approximate surface area is 152 Å². The van der Waals surface area contributed by atoms with Gasteiger partial charge in [0, 0.05) is 11.3 Å².